The summed E-state index contributed by atoms with van der Waals surface area (Å²) in [4.78, 5) is 24.3. The molecule has 2 saturated heterocycles. The van der Waals surface area contributed by atoms with Crippen molar-refractivity contribution >= 4 is 11.9 Å². The van der Waals surface area contributed by atoms with Crippen molar-refractivity contribution in [2.75, 3.05) is 13.6 Å². The van der Waals surface area contributed by atoms with Crippen LogP contribution in [-0.2, 0) is 14.3 Å². The lowest BCUT2D eigenvalue weighted by Gasteiger charge is -2.21. The number of carbonyl (C=O) groups excluding carboxylic acids is 2. The normalized spacial score (nSPS) is 35.5. The van der Waals surface area contributed by atoms with E-state index in [1.54, 1.807) is 0 Å². The highest BCUT2D eigenvalue weighted by Gasteiger charge is 2.42. The molecular weight excluding hydrogens is 170 g/mol. The summed E-state index contributed by atoms with van der Waals surface area (Å²) in [6, 6.07) is 0.221. The molecule has 4 heteroatoms. The van der Waals surface area contributed by atoms with Gasteiger partial charge >= 0.3 is 11.9 Å². The Morgan fingerprint density at radius 1 is 1.46 bits per heavy atom. The van der Waals surface area contributed by atoms with Crippen molar-refractivity contribution < 1.29 is 14.3 Å². The number of likely N-dealkylation sites (tertiary alicyclic amines) is 1. The van der Waals surface area contributed by atoms with E-state index in [0.29, 0.717) is 0 Å². The Balaban J connectivity index is 2.08. The molecule has 0 aromatic rings. The van der Waals surface area contributed by atoms with E-state index in [9.17, 15) is 9.59 Å². The van der Waals surface area contributed by atoms with Crippen molar-refractivity contribution in [3.8, 4) is 0 Å². The molecule has 0 aliphatic carbocycles. The summed E-state index contributed by atoms with van der Waals surface area (Å²) >= 11 is 0. The molecule has 0 amide bonds. The molecule has 0 N–H and O–H groups in total. The van der Waals surface area contributed by atoms with Crippen molar-refractivity contribution in [1.82, 2.24) is 4.90 Å². The van der Waals surface area contributed by atoms with Crippen LogP contribution in [0.15, 0.2) is 0 Å². The Labute approximate surface area is 76.8 Å². The molecule has 0 aromatic carbocycles. The van der Waals surface area contributed by atoms with E-state index in [0.717, 1.165) is 19.4 Å². The number of ether oxygens (including phenoxy) is 1. The average Bonchev–Trinajstić information content (AvgIpc) is 2.58. The number of carbonyl (C=O) groups is 2. The number of cyclic esters (lactones) is 2. The Hall–Kier alpha value is -0.900. The fourth-order valence-corrected chi connectivity index (χ4v) is 2.23. The molecule has 0 aromatic heterocycles. The van der Waals surface area contributed by atoms with E-state index >= 15 is 0 Å². The van der Waals surface area contributed by atoms with Crippen LogP contribution in [-0.4, -0.2) is 36.5 Å². The van der Waals surface area contributed by atoms with Crippen LogP contribution in [0.2, 0.25) is 0 Å². The third kappa shape index (κ3) is 1.46. The van der Waals surface area contributed by atoms with Gasteiger partial charge in [0, 0.05) is 6.04 Å². The molecule has 0 spiro atoms. The lowest BCUT2D eigenvalue weighted by Crippen LogP contribution is -2.34. The van der Waals surface area contributed by atoms with Crippen LogP contribution in [0.5, 0.6) is 0 Å². The number of nitrogens with zero attached hydrogens (tertiary/aromatic N) is 1. The van der Waals surface area contributed by atoms with E-state index < -0.39 is 0 Å². The van der Waals surface area contributed by atoms with E-state index in [4.69, 9.17) is 0 Å². The van der Waals surface area contributed by atoms with Crippen LogP contribution < -0.4 is 0 Å². The maximum Gasteiger partial charge on any atom is 0.318 e. The fourth-order valence-electron chi connectivity index (χ4n) is 2.23. The third-order valence-electron chi connectivity index (χ3n) is 2.95. The average molecular weight is 183 g/mol. The minimum atomic E-state index is -0.365. The van der Waals surface area contributed by atoms with Gasteiger partial charge in [0.05, 0.1) is 12.3 Å². The molecule has 0 saturated carbocycles. The van der Waals surface area contributed by atoms with Crippen LogP contribution in [0.1, 0.15) is 19.3 Å². The van der Waals surface area contributed by atoms with Gasteiger partial charge in [0.1, 0.15) is 0 Å². The lowest BCUT2D eigenvalue weighted by molar-refractivity contribution is -0.153. The first-order valence-electron chi connectivity index (χ1n) is 4.63. The lowest BCUT2D eigenvalue weighted by atomic mass is 9.96. The first-order chi connectivity index (χ1) is 6.18. The molecular formula is C9H13NO3. The molecule has 2 rings (SSSR count). The Morgan fingerprint density at radius 2 is 2.23 bits per heavy atom. The summed E-state index contributed by atoms with van der Waals surface area (Å²) in [5.41, 5.74) is 0. The molecule has 2 atom stereocenters. The van der Waals surface area contributed by atoms with Crippen molar-refractivity contribution in [2.24, 2.45) is 5.92 Å². The zero-order chi connectivity index (χ0) is 9.42. The zero-order valence-electron chi connectivity index (χ0n) is 7.66. The van der Waals surface area contributed by atoms with E-state index in [1.165, 1.54) is 0 Å². The molecule has 2 unspecified atom stereocenters. The van der Waals surface area contributed by atoms with Crippen molar-refractivity contribution in [3.05, 3.63) is 0 Å². The quantitative estimate of drug-likeness (QED) is 0.429. The molecule has 0 radical (unpaired) electrons. The maximum atomic E-state index is 11.2. The predicted octanol–water partition coefficient (Wildman–Crippen LogP) is 0.170. The van der Waals surface area contributed by atoms with Gasteiger partial charge in [-0.3, -0.25) is 9.59 Å². The van der Waals surface area contributed by atoms with Gasteiger partial charge in [-0.25, -0.2) is 0 Å². The summed E-state index contributed by atoms with van der Waals surface area (Å²) in [5.74, 6) is -0.904. The number of hydrogen-bond donors (Lipinski definition) is 0. The van der Waals surface area contributed by atoms with Crippen LogP contribution in [0.4, 0.5) is 0 Å². The van der Waals surface area contributed by atoms with Gasteiger partial charge in [0.2, 0.25) is 0 Å². The third-order valence-corrected chi connectivity index (χ3v) is 2.95. The van der Waals surface area contributed by atoms with E-state index in [2.05, 4.69) is 9.64 Å². The summed E-state index contributed by atoms with van der Waals surface area (Å²) in [5, 5.41) is 0. The van der Waals surface area contributed by atoms with Crippen LogP contribution in [0.25, 0.3) is 0 Å². The Bertz CT molecular complexity index is 251. The standard InChI is InChI=1S/C9H13NO3/c1-10-4-2-3-7(10)6-5-8(11)13-9(6)12/h6-7H,2-5H2,1H3. The molecule has 2 heterocycles. The molecule has 2 aliphatic heterocycles. The molecule has 0 bridgehead atoms. The highest BCUT2D eigenvalue weighted by Crippen LogP contribution is 2.29. The second kappa shape index (κ2) is 3.10. The summed E-state index contributed by atoms with van der Waals surface area (Å²) in [7, 11) is 1.99. The maximum absolute atomic E-state index is 11.2. The molecule has 2 fully saturated rings. The van der Waals surface area contributed by atoms with Crippen LogP contribution in [0.3, 0.4) is 0 Å². The summed E-state index contributed by atoms with van der Waals surface area (Å²) in [6.45, 7) is 1.02. The van der Waals surface area contributed by atoms with E-state index in [1.807, 2.05) is 7.05 Å². The van der Waals surface area contributed by atoms with Gasteiger partial charge in [-0.05, 0) is 26.4 Å². The summed E-state index contributed by atoms with van der Waals surface area (Å²) in [6.07, 6.45) is 2.39. The van der Waals surface area contributed by atoms with Crippen LogP contribution in [0, 0.1) is 5.92 Å². The molecule has 72 valence electrons. The monoisotopic (exact) mass is 183 g/mol. The first-order valence-corrected chi connectivity index (χ1v) is 4.63. The predicted molar refractivity (Wildman–Crippen MR) is 44.9 cm³/mol. The van der Waals surface area contributed by atoms with Crippen molar-refractivity contribution in [2.45, 2.75) is 25.3 Å². The largest absolute Gasteiger partial charge is 0.393 e. The van der Waals surface area contributed by atoms with Gasteiger partial charge in [0.15, 0.2) is 0 Å². The van der Waals surface area contributed by atoms with E-state index in [-0.39, 0.29) is 30.3 Å². The Morgan fingerprint density at radius 3 is 2.69 bits per heavy atom. The highest BCUT2D eigenvalue weighted by atomic mass is 16.6. The molecule has 13 heavy (non-hydrogen) atoms. The SMILES string of the molecule is CN1CCCC1C1CC(=O)OC1=O. The highest BCUT2D eigenvalue weighted by molar-refractivity contribution is 5.95. The summed E-state index contributed by atoms with van der Waals surface area (Å²) < 4.78 is 4.53. The van der Waals surface area contributed by atoms with Crippen molar-refractivity contribution in [3.63, 3.8) is 0 Å². The zero-order valence-corrected chi connectivity index (χ0v) is 7.66. The van der Waals surface area contributed by atoms with Gasteiger partial charge in [-0.1, -0.05) is 0 Å². The van der Waals surface area contributed by atoms with Crippen LogP contribution >= 0.6 is 0 Å². The van der Waals surface area contributed by atoms with Gasteiger partial charge in [-0.2, -0.15) is 0 Å². The molecule has 4 nitrogen and oxygen atoms in total. The fraction of sp³-hybridized carbons (Fsp3) is 0.778. The second-order valence-electron chi connectivity index (χ2n) is 3.79. The van der Waals surface area contributed by atoms with Gasteiger partial charge in [-0.15, -0.1) is 0 Å². The smallest absolute Gasteiger partial charge is 0.318 e. The number of hydrogen-bond acceptors (Lipinski definition) is 4. The molecule has 2 aliphatic rings. The first kappa shape index (κ1) is 8.69. The number of esters is 2. The van der Waals surface area contributed by atoms with Crippen molar-refractivity contribution in [1.29, 1.82) is 0 Å². The van der Waals surface area contributed by atoms with Gasteiger partial charge in [0.25, 0.3) is 0 Å². The minimum absolute atomic E-state index is 0.208. The second-order valence-corrected chi connectivity index (χ2v) is 3.79. The minimum Gasteiger partial charge on any atom is -0.393 e. The topological polar surface area (TPSA) is 46.6 Å². The Kier molecular flexibility index (Phi) is 2.07. The number of rotatable bonds is 1. The van der Waals surface area contributed by atoms with Gasteiger partial charge < -0.3 is 9.64 Å².